The van der Waals surface area contributed by atoms with Crippen LogP contribution in [0.4, 0.5) is 0 Å². The summed E-state index contributed by atoms with van der Waals surface area (Å²) in [6.45, 7) is 0.405. The van der Waals surface area contributed by atoms with Gasteiger partial charge in [0.1, 0.15) is 18.0 Å². The van der Waals surface area contributed by atoms with Gasteiger partial charge in [-0.2, -0.15) is 0 Å². The van der Waals surface area contributed by atoms with Gasteiger partial charge >= 0.3 is 0 Å². The van der Waals surface area contributed by atoms with Crippen LogP contribution in [0.15, 0.2) is 78.0 Å². The van der Waals surface area contributed by atoms with E-state index in [0.717, 1.165) is 22.4 Å². The van der Waals surface area contributed by atoms with Gasteiger partial charge in [-0.25, -0.2) is 15.0 Å². The smallest absolute Gasteiger partial charge is 0.258 e. The van der Waals surface area contributed by atoms with E-state index in [1.54, 1.807) is 18.6 Å². The molecule has 8 heteroatoms. The number of nitrogens with zero attached hydrogens (tertiary/aromatic N) is 4. The quantitative estimate of drug-likeness (QED) is 0.406. The number of rotatable bonds is 7. The average Bonchev–Trinajstić information content (AvgIpc) is 3.27. The number of imidazole rings is 1. The lowest BCUT2D eigenvalue weighted by Gasteiger charge is -2.07. The second-order valence-corrected chi connectivity index (χ2v) is 7.79. The number of hydrogen-bond acceptors (Lipinski definition) is 5. The summed E-state index contributed by atoms with van der Waals surface area (Å²) in [5.41, 5.74) is 3.34. The predicted molar refractivity (Wildman–Crippen MR) is 126 cm³/mol. The first-order valence-corrected chi connectivity index (χ1v) is 10.8. The van der Waals surface area contributed by atoms with Crippen LogP contribution in [0, 0.1) is 0 Å². The molecular formula is C25H22N6O2. The van der Waals surface area contributed by atoms with E-state index in [-0.39, 0.29) is 11.5 Å². The summed E-state index contributed by atoms with van der Waals surface area (Å²) in [4.78, 5) is 40.6. The molecular weight excluding hydrogens is 416 g/mol. The number of benzene rings is 2. The van der Waals surface area contributed by atoms with Crippen LogP contribution in [-0.4, -0.2) is 30.4 Å². The molecule has 33 heavy (non-hydrogen) atoms. The molecule has 5 aromatic rings. The van der Waals surface area contributed by atoms with Crippen molar-refractivity contribution in [3.63, 3.8) is 0 Å². The Bertz CT molecular complexity index is 1490. The highest BCUT2D eigenvalue weighted by molar-refractivity contribution is 5.78. The highest BCUT2D eigenvalue weighted by Gasteiger charge is 2.07. The largest absolute Gasteiger partial charge is 0.352 e. The number of para-hydroxylation sites is 3. The fourth-order valence-electron chi connectivity index (χ4n) is 3.76. The van der Waals surface area contributed by atoms with Crippen LogP contribution >= 0.6 is 0 Å². The molecule has 164 valence electrons. The van der Waals surface area contributed by atoms with Crippen molar-refractivity contribution in [2.45, 2.75) is 25.8 Å². The van der Waals surface area contributed by atoms with E-state index in [2.05, 4.69) is 25.3 Å². The Morgan fingerprint density at radius 2 is 1.79 bits per heavy atom. The van der Waals surface area contributed by atoms with Gasteiger partial charge in [-0.15, -0.1) is 0 Å². The summed E-state index contributed by atoms with van der Waals surface area (Å²) >= 11 is 0. The number of amides is 1. The maximum Gasteiger partial charge on any atom is 0.258 e. The molecule has 0 unspecified atom stereocenters. The fraction of sp³-hybridized carbons (Fsp3) is 0.160. The number of aryl methyl sites for hydroxylation is 1. The maximum atomic E-state index is 12.2. The van der Waals surface area contributed by atoms with E-state index < -0.39 is 0 Å². The molecule has 0 radical (unpaired) electrons. The molecule has 8 nitrogen and oxygen atoms in total. The zero-order chi connectivity index (χ0) is 22.6. The average molecular weight is 438 g/mol. The molecule has 2 aromatic carbocycles. The number of aromatic nitrogens is 5. The molecule has 0 aliphatic rings. The number of carbonyl (C=O) groups excluding carboxylic acids is 1. The van der Waals surface area contributed by atoms with Gasteiger partial charge in [0, 0.05) is 25.6 Å². The molecule has 3 aromatic heterocycles. The Hall–Kier alpha value is -4.33. The first-order chi connectivity index (χ1) is 16.2. The van der Waals surface area contributed by atoms with Crippen LogP contribution in [0.3, 0.4) is 0 Å². The van der Waals surface area contributed by atoms with E-state index in [4.69, 9.17) is 0 Å². The molecule has 0 bridgehead atoms. The zero-order valence-corrected chi connectivity index (χ0v) is 17.9. The van der Waals surface area contributed by atoms with Crippen molar-refractivity contribution >= 4 is 27.8 Å². The molecule has 0 aliphatic heterocycles. The molecule has 2 N–H and O–H groups in total. The Morgan fingerprint density at radius 1 is 0.970 bits per heavy atom. The minimum atomic E-state index is -0.153. The molecule has 0 fully saturated rings. The van der Waals surface area contributed by atoms with Gasteiger partial charge in [0.2, 0.25) is 5.91 Å². The van der Waals surface area contributed by atoms with Crippen molar-refractivity contribution in [3.8, 4) is 5.82 Å². The van der Waals surface area contributed by atoms with E-state index in [1.165, 1.54) is 0 Å². The highest BCUT2D eigenvalue weighted by Crippen LogP contribution is 2.16. The van der Waals surface area contributed by atoms with Crippen LogP contribution in [0.1, 0.15) is 24.2 Å². The zero-order valence-electron chi connectivity index (χ0n) is 17.9. The highest BCUT2D eigenvalue weighted by atomic mass is 16.1. The van der Waals surface area contributed by atoms with Gasteiger partial charge < -0.3 is 10.3 Å². The van der Waals surface area contributed by atoms with Crippen LogP contribution in [0.5, 0.6) is 0 Å². The number of H-pyrrole nitrogens is 1. The summed E-state index contributed by atoms with van der Waals surface area (Å²) < 4.78 is 1.93. The van der Waals surface area contributed by atoms with Crippen molar-refractivity contribution in [3.05, 3.63) is 94.9 Å². The molecule has 0 atom stereocenters. The van der Waals surface area contributed by atoms with Crippen LogP contribution in [-0.2, 0) is 17.8 Å². The first kappa shape index (κ1) is 20.6. The number of hydrogen-bond donors (Lipinski definition) is 2. The van der Waals surface area contributed by atoms with Gasteiger partial charge in [-0.05, 0) is 42.3 Å². The Labute approximate surface area is 189 Å². The third kappa shape index (κ3) is 4.50. The number of aromatic amines is 1. The fourth-order valence-corrected chi connectivity index (χ4v) is 3.76. The SMILES string of the molecule is O=C(CCCc1nc2ccccc2c(=O)[nH]1)NCc1ccc(-n2cnc3ccccc32)nc1. The molecule has 1 amide bonds. The topological polar surface area (TPSA) is 106 Å². The maximum absolute atomic E-state index is 12.2. The molecule has 0 saturated heterocycles. The minimum absolute atomic E-state index is 0.0529. The lowest BCUT2D eigenvalue weighted by atomic mass is 10.2. The van der Waals surface area contributed by atoms with E-state index >= 15 is 0 Å². The summed E-state index contributed by atoms with van der Waals surface area (Å²) in [5.74, 6) is 1.32. The second kappa shape index (κ2) is 9.04. The number of nitrogens with one attached hydrogen (secondary N) is 2. The van der Waals surface area contributed by atoms with Crippen LogP contribution in [0.25, 0.3) is 27.8 Å². The monoisotopic (exact) mass is 438 g/mol. The van der Waals surface area contributed by atoms with Gasteiger partial charge in [0.05, 0.1) is 21.9 Å². The normalized spacial score (nSPS) is 11.2. The van der Waals surface area contributed by atoms with E-state index in [9.17, 15) is 9.59 Å². The summed E-state index contributed by atoms with van der Waals surface area (Å²) in [7, 11) is 0. The van der Waals surface area contributed by atoms with E-state index in [1.807, 2.05) is 59.2 Å². The molecule has 5 rings (SSSR count). The first-order valence-electron chi connectivity index (χ1n) is 10.8. The molecule has 0 aliphatic carbocycles. The van der Waals surface area contributed by atoms with Crippen molar-refractivity contribution in [1.82, 2.24) is 29.8 Å². The van der Waals surface area contributed by atoms with Gasteiger partial charge in [-0.1, -0.05) is 30.3 Å². The van der Waals surface area contributed by atoms with Gasteiger partial charge in [-0.3, -0.25) is 14.2 Å². The van der Waals surface area contributed by atoms with Crippen molar-refractivity contribution < 1.29 is 4.79 Å². The lowest BCUT2D eigenvalue weighted by Crippen LogP contribution is -2.22. The molecule has 0 saturated carbocycles. The van der Waals surface area contributed by atoms with E-state index in [0.29, 0.717) is 42.5 Å². The standard InChI is InChI=1S/C25H22N6O2/c32-24(11-5-10-22-29-19-7-2-1-6-18(19)25(33)30-22)27-15-17-12-13-23(26-14-17)31-16-28-20-8-3-4-9-21(20)31/h1-4,6-9,12-14,16H,5,10-11,15H2,(H,27,32)(H,29,30,33). The van der Waals surface area contributed by atoms with Gasteiger partial charge in [0.25, 0.3) is 5.56 Å². The van der Waals surface area contributed by atoms with Crippen molar-refractivity contribution in [2.24, 2.45) is 0 Å². The van der Waals surface area contributed by atoms with Crippen molar-refractivity contribution in [2.75, 3.05) is 0 Å². The third-order valence-corrected chi connectivity index (χ3v) is 5.48. The number of carbonyl (C=O) groups is 1. The van der Waals surface area contributed by atoms with Crippen molar-refractivity contribution in [1.29, 1.82) is 0 Å². The Morgan fingerprint density at radius 3 is 2.64 bits per heavy atom. The van der Waals surface area contributed by atoms with Crippen LogP contribution in [0.2, 0.25) is 0 Å². The number of fused-ring (bicyclic) bond motifs is 2. The van der Waals surface area contributed by atoms with Crippen LogP contribution < -0.4 is 10.9 Å². The Balaban J connectivity index is 1.13. The Kier molecular flexibility index (Phi) is 5.63. The summed E-state index contributed by atoms with van der Waals surface area (Å²) in [6, 6.07) is 19.0. The minimum Gasteiger partial charge on any atom is -0.352 e. The summed E-state index contributed by atoms with van der Waals surface area (Å²) in [6.07, 6.45) is 4.99. The molecule has 0 spiro atoms. The lowest BCUT2D eigenvalue weighted by molar-refractivity contribution is -0.121. The van der Waals surface area contributed by atoms with Gasteiger partial charge in [0.15, 0.2) is 0 Å². The number of pyridine rings is 1. The molecule has 3 heterocycles. The predicted octanol–water partition coefficient (Wildman–Crippen LogP) is 3.30. The summed E-state index contributed by atoms with van der Waals surface area (Å²) in [5, 5.41) is 3.49. The second-order valence-electron chi connectivity index (χ2n) is 7.79. The third-order valence-electron chi connectivity index (χ3n) is 5.48.